The molecule has 6 heteroatoms. The van der Waals surface area contributed by atoms with Crippen LogP contribution in [0.5, 0.6) is 0 Å². The maximum absolute atomic E-state index is 14.4. The van der Waals surface area contributed by atoms with Crippen LogP contribution in [0, 0.1) is 0 Å². The number of ether oxygens (including phenoxy) is 1. The molecular weight excluding hydrogens is 479 g/mol. The van der Waals surface area contributed by atoms with Crippen LogP contribution in [-0.4, -0.2) is 58.7 Å². The number of carbonyl (C=O) groups is 2. The Kier molecular flexibility index (Phi) is 7.09. The molecule has 5 rings (SSSR count). The zero-order chi connectivity index (χ0) is 26.0. The zero-order valence-corrected chi connectivity index (χ0v) is 22.8. The lowest BCUT2D eigenvalue weighted by molar-refractivity contribution is -0.129. The van der Waals surface area contributed by atoms with E-state index < -0.39 is 12.9 Å². The number of likely N-dealkylation sites (tertiary alicyclic amines) is 2. The van der Waals surface area contributed by atoms with Crippen molar-refractivity contribution in [1.29, 1.82) is 0 Å². The average molecular weight is 516 g/mol. The minimum absolute atomic E-state index is 0.0224. The van der Waals surface area contributed by atoms with Crippen LogP contribution < -0.4 is 15.9 Å². The van der Waals surface area contributed by atoms with Gasteiger partial charge in [0.05, 0.1) is 6.04 Å². The van der Waals surface area contributed by atoms with Crippen molar-refractivity contribution >= 4 is 35.2 Å². The van der Waals surface area contributed by atoms with Gasteiger partial charge in [-0.3, -0.25) is 4.79 Å². The summed E-state index contributed by atoms with van der Waals surface area (Å²) in [5, 5.41) is 3.69. The fourth-order valence-electron chi connectivity index (χ4n) is 5.87. The van der Waals surface area contributed by atoms with Crippen molar-refractivity contribution in [2.75, 3.05) is 19.6 Å². The highest BCUT2D eigenvalue weighted by atomic mass is 31.2. The topological polar surface area (TPSA) is 49.9 Å². The molecule has 0 spiro atoms. The van der Waals surface area contributed by atoms with Gasteiger partial charge in [-0.25, -0.2) is 4.79 Å². The predicted octanol–water partition coefficient (Wildman–Crippen LogP) is 4.59. The monoisotopic (exact) mass is 515 g/mol. The molecule has 2 aliphatic heterocycles. The molecule has 0 aromatic heterocycles. The van der Waals surface area contributed by atoms with Gasteiger partial charge >= 0.3 is 6.09 Å². The van der Waals surface area contributed by atoms with Crippen molar-refractivity contribution < 1.29 is 14.3 Å². The van der Waals surface area contributed by atoms with E-state index in [4.69, 9.17) is 4.74 Å². The second-order valence-corrected chi connectivity index (χ2v) is 14.6. The lowest BCUT2D eigenvalue weighted by atomic mass is 10.2. The third-order valence-corrected chi connectivity index (χ3v) is 12.2. The van der Waals surface area contributed by atoms with Crippen molar-refractivity contribution in [3.8, 4) is 0 Å². The van der Waals surface area contributed by atoms with Gasteiger partial charge in [0.2, 0.25) is 0 Å². The lowest BCUT2D eigenvalue weighted by Gasteiger charge is -2.32. The van der Waals surface area contributed by atoms with Crippen molar-refractivity contribution in [1.82, 2.24) is 9.80 Å². The quantitative estimate of drug-likeness (QED) is 0.467. The summed E-state index contributed by atoms with van der Waals surface area (Å²) in [6.07, 6.45) is 1.29. The first-order valence-corrected chi connectivity index (χ1v) is 15.0. The molecule has 0 bridgehead atoms. The fourth-order valence-corrected chi connectivity index (χ4v) is 10.8. The summed E-state index contributed by atoms with van der Waals surface area (Å²) in [7, 11) is -2.29. The van der Waals surface area contributed by atoms with Crippen molar-refractivity contribution in [2.45, 2.75) is 50.9 Å². The molecule has 192 valence electrons. The molecule has 37 heavy (non-hydrogen) atoms. The second-order valence-electron chi connectivity index (χ2n) is 10.9. The minimum atomic E-state index is -2.29. The van der Waals surface area contributed by atoms with Crippen LogP contribution in [0.2, 0.25) is 0 Å². The van der Waals surface area contributed by atoms with Gasteiger partial charge in [0, 0.05) is 26.1 Å². The summed E-state index contributed by atoms with van der Waals surface area (Å²) in [6.45, 7) is 7.50. The SMILES string of the molecule is CC(C)(C)OC(=O)N1CC[C@@H](N2CCC([P+](c3ccccc3)(c3ccccc3)c3ccccc3)C2=O)C1. The minimum Gasteiger partial charge on any atom is -0.444 e. The molecular formula is C31H36N2O3P+. The standard InChI is InChI=1S/C31H36N2O3P/c1-31(2,3)36-30(35)32-21-19-24(23-32)33-22-20-28(29(33)34)37(25-13-7-4-8-14-25,26-15-9-5-10-16-26)27-17-11-6-12-18-27/h4-18,24,28H,19-23H2,1-3H3/q+1/t24-,28?/m1/s1. The Bertz CT molecular complexity index is 1130. The molecule has 0 radical (unpaired) electrons. The van der Waals surface area contributed by atoms with Crippen LogP contribution in [0.4, 0.5) is 4.79 Å². The summed E-state index contributed by atoms with van der Waals surface area (Å²) in [5.41, 5.74) is -0.676. The van der Waals surface area contributed by atoms with E-state index in [2.05, 4.69) is 77.7 Å². The van der Waals surface area contributed by atoms with Gasteiger partial charge in [-0.05, 0) is 63.6 Å². The molecule has 2 fully saturated rings. The van der Waals surface area contributed by atoms with Crippen LogP contribution in [0.1, 0.15) is 33.6 Å². The van der Waals surface area contributed by atoms with E-state index in [1.807, 2.05) is 39.0 Å². The second kappa shape index (κ2) is 10.3. The van der Waals surface area contributed by atoms with Crippen LogP contribution in [0.25, 0.3) is 0 Å². The van der Waals surface area contributed by atoms with E-state index >= 15 is 0 Å². The predicted molar refractivity (Wildman–Crippen MR) is 151 cm³/mol. The van der Waals surface area contributed by atoms with Gasteiger partial charge in [-0.15, -0.1) is 0 Å². The Morgan fingerprint density at radius 3 is 1.73 bits per heavy atom. The first kappa shape index (κ1) is 25.5. The number of hydrogen-bond acceptors (Lipinski definition) is 3. The molecule has 3 aromatic rings. The Morgan fingerprint density at radius 1 is 0.784 bits per heavy atom. The van der Waals surface area contributed by atoms with Crippen LogP contribution in [-0.2, 0) is 9.53 Å². The van der Waals surface area contributed by atoms with E-state index in [9.17, 15) is 9.59 Å². The number of rotatable bonds is 5. The highest BCUT2D eigenvalue weighted by Crippen LogP contribution is 2.62. The molecule has 1 unspecified atom stereocenters. The van der Waals surface area contributed by atoms with Gasteiger partial charge in [0.15, 0.2) is 5.66 Å². The van der Waals surface area contributed by atoms with Gasteiger partial charge in [-0.2, -0.15) is 0 Å². The molecule has 3 aromatic carbocycles. The molecule has 0 N–H and O–H groups in total. The van der Waals surface area contributed by atoms with Crippen molar-refractivity contribution in [3.05, 3.63) is 91.0 Å². The molecule has 0 saturated carbocycles. The summed E-state index contributed by atoms with van der Waals surface area (Å²) in [5.74, 6) is 0.209. The molecule has 2 amide bonds. The van der Waals surface area contributed by atoms with E-state index in [1.54, 1.807) is 4.90 Å². The highest BCUT2D eigenvalue weighted by molar-refractivity contribution is 7.96. The van der Waals surface area contributed by atoms with Crippen LogP contribution in [0.3, 0.4) is 0 Å². The lowest BCUT2D eigenvalue weighted by Crippen LogP contribution is -2.46. The Hall–Kier alpha value is -3.17. The summed E-state index contributed by atoms with van der Waals surface area (Å²) in [4.78, 5) is 30.9. The number of hydrogen-bond donors (Lipinski definition) is 0. The average Bonchev–Trinajstić information content (AvgIpc) is 3.53. The van der Waals surface area contributed by atoms with Crippen LogP contribution >= 0.6 is 7.26 Å². The molecule has 0 aliphatic carbocycles. The summed E-state index contributed by atoms with van der Waals surface area (Å²) in [6, 6.07) is 31.9. The Morgan fingerprint density at radius 2 is 1.27 bits per heavy atom. The van der Waals surface area contributed by atoms with E-state index in [1.165, 1.54) is 15.9 Å². The van der Waals surface area contributed by atoms with E-state index in [0.717, 1.165) is 12.8 Å². The number of nitrogens with zero attached hydrogens (tertiary/aromatic N) is 2. The Labute approximate surface area is 220 Å². The van der Waals surface area contributed by atoms with Gasteiger partial charge in [0.1, 0.15) is 28.8 Å². The third kappa shape index (κ3) is 4.90. The molecule has 2 atom stereocenters. The molecule has 5 nitrogen and oxygen atoms in total. The highest BCUT2D eigenvalue weighted by Gasteiger charge is 2.59. The maximum atomic E-state index is 14.4. The molecule has 2 aliphatic rings. The third-order valence-electron chi connectivity index (χ3n) is 7.43. The van der Waals surface area contributed by atoms with E-state index in [0.29, 0.717) is 19.6 Å². The smallest absolute Gasteiger partial charge is 0.410 e. The first-order chi connectivity index (χ1) is 17.8. The fraction of sp³-hybridized carbons (Fsp3) is 0.355. The largest absolute Gasteiger partial charge is 0.444 e. The number of benzene rings is 3. The summed E-state index contributed by atoms with van der Waals surface area (Å²) < 4.78 is 5.60. The van der Waals surface area contributed by atoms with E-state index in [-0.39, 0.29) is 23.7 Å². The molecule has 2 saturated heterocycles. The number of amides is 2. The Balaban J connectivity index is 1.51. The van der Waals surface area contributed by atoms with Gasteiger partial charge in [0.25, 0.3) is 5.91 Å². The zero-order valence-electron chi connectivity index (χ0n) is 21.9. The summed E-state index contributed by atoms with van der Waals surface area (Å²) >= 11 is 0. The maximum Gasteiger partial charge on any atom is 0.410 e. The number of carbonyl (C=O) groups excluding carboxylic acids is 2. The van der Waals surface area contributed by atoms with Gasteiger partial charge in [-0.1, -0.05) is 54.6 Å². The normalized spacial score (nSPS) is 20.4. The van der Waals surface area contributed by atoms with Crippen LogP contribution in [0.15, 0.2) is 91.0 Å². The van der Waals surface area contributed by atoms with Gasteiger partial charge < -0.3 is 14.5 Å². The first-order valence-electron chi connectivity index (χ1n) is 13.1. The van der Waals surface area contributed by atoms with Crippen molar-refractivity contribution in [2.24, 2.45) is 0 Å². The van der Waals surface area contributed by atoms with Crippen molar-refractivity contribution in [3.63, 3.8) is 0 Å². The molecule has 2 heterocycles.